The second-order valence-corrected chi connectivity index (χ2v) is 8.49. The molecule has 1 aliphatic heterocycles. The molecule has 1 amide bonds. The Balaban J connectivity index is 1.48. The van der Waals surface area contributed by atoms with Crippen LogP contribution in [0.25, 0.3) is 11.4 Å². The zero-order chi connectivity index (χ0) is 22.5. The van der Waals surface area contributed by atoms with E-state index in [9.17, 15) is 4.79 Å². The van der Waals surface area contributed by atoms with Crippen molar-refractivity contribution in [3.05, 3.63) is 42.5 Å². The van der Waals surface area contributed by atoms with Crippen molar-refractivity contribution >= 4 is 23.4 Å². The molecule has 0 spiro atoms. The molecule has 0 radical (unpaired) electrons. The highest BCUT2D eigenvalue weighted by Gasteiger charge is 2.20. The van der Waals surface area contributed by atoms with Gasteiger partial charge in [-0.3, -0.25) is 9.36 Å². The van der Waals surface area contributed by atoms with Gasteiger partial charge in [0.2, 0.25) is 5.91 Å². The minimum atomic E-state index is -0.115. The Labute approximate surface area is 191 Å². The molecule has 3 aromatic rings. The van der Waals surface area contributed by atoms with E-state index in [0.29, 0.717) is 24.1 Å². The van der Waals surface area contributed by atoms with E-state index in [-0.39, 0.29) is 17.7 Å². The van der Waals surface area contributed by atoms with Crippen molar-refractivity contribution in [2.75, 3.05) is 31.4 Å². The van der Waals surface area contributed by atoms with Crippen LogP contribution < -0.4 is 19.5 Å². The number of ether oxygens (including phenoxy) is 3. The number of benzene rings is 2. The fraction of sp³-hybridized carbons (Fsp3) is 0.348. The average Bonchev–Trinajstić information content (AvgIpc) is 3.09. The first-order chi connectivity index (χ1) is 15.5. The second kappa shape index (κ2) is 9.95. The molecule has 0 unspecified atom stereocenters. The summed E-state index contributed by atoms with van der Waals surface area (Å²) in [6, 6.07) is 13.1. The van der Waals surface area contributed by atoms with Crippen LogP contribution in [0.5, 0.6) is 17.2 Å². The number of aromatic nitrogens is 3. The van der Waals surface area contributed by atoms with Gasteiger partial charge in [-0.15, -0.1) is 10.2 Å². The first-order valence-electron chi connectivity index (χ1n) is 10.5. The van der Waals surface area contributed by atoms with Crippen LogP contribution in [0.1, 0.15) is 26.3 Å². The maximum atomic E-state index is 12.4. The van der Waals surface area contributed by atoms with Gasteiger partial charge in [-0.1, -0.05) is 11.8 Å². The SMILES string of the molecule is COc1ccc(NC(=O)CSc2nnc(-c3ccc4c(c3)OCCCO4)n2C(C)C)cc1. The first-order valence-corrected chi connectivity index (χ1v) is 11.5. The number of methoxy groups -OCH3 is 1. The second-order valence-electron chi connectivity index (χ2n) is 7.55. The highest BCUT2D eigenvalue weighted by atomic mass is 32.2. The Kier molecular flexibility index (Phi) is 6.84. The summed E-state index contributed by atoms with van der Waals surface area (Å²) in [4.78, 5) is 12.4. The number of carbonyl (C=O) groups excluding carboxylic acids is 1. The highest BCUT2D eigenvalue weighted by molar-refractivity contribution is 7.99. The number of hydrogen-bond donors (Lipinski definition) is 1. The molecule has 2 heterocycles. The lowest BCUT2D eigenvalue weighted by Crippen LogP contribution is -2.15. The van der Waals surface area contributed by atoms with Gasteiger partial charge in [0.15, 0.2) is 22.5 Å². The molecule has 0 fully saturated rings. The summed E-state index contributed by atoms with van der Waals surface area (Å²) in [6.45, 7) is 5.40. The summed E-state index contributed by atoms with van der Waals surface area (Å²) in [6.07, 6.45) is 0.853. The predicted octanol–water partition coefficient (Wildman–Crippen LogP) is 4.43. The van der Waals surface area contributed by atoms with Gasteiger partial charge in [0.25, 0.3) is 0 Å². The molecule has 0 saturated carbocycles. The topological polar surface area (TPSA) is 87.5 Å². The molecule has 1 aromatic heterocycles. The predicted molar refractivity (Wildman–Crippen MR) is 124 cm³/mol. The first kappa shape index (κ1) is 22.0. The van der Waals surface area contributed by atoms with E-state index >= 15 is 0 Å². The minimum Gasteiger partial charge on any atom is -0.497 e. The molecule has 8 nitrogen and oxygen atoms in total. The number of nitrogens with one attached hydrogen (secondary N) is 1. The molecule has 32 heavy (non-hydrogen) atoms. The van der Waals surface area contributed by atoms with Crippen molar-refractivity contribution in [3.63, 3.8) is 0 Å². The summed E-state index contributed by atoms with van der Waals surface area (Å²) >= 11 is 1.35. The number of amides is 1. The summed E-state index contributed by atoms with van der Waals surface area (Å²) < 4.78 is 18.7. The maximum absolute atomic E-state index is 12.4. The number of carbonyl (C=O) groups is 1. The molecule has 0 bridgehead atoms. The quantitative estimate of drug-likeness (QED) is 0.529. The van der Waals surface area contributed by atoms with Crippen molar-refractivity contribution in [1.82, 2.24) is 14.8 Å². The smallest absolute Gasteiger partial charge is 0.234 e. The van der Waals surface area contributed by atoms with Crippen LogP contribution >= 0.6 is 11.8 Å². The number of thioether (sulfide) groups is 1. The van der Waals surface area contributed by atoms with E-state index in [2.05, 4.69) is 29.4 Å². The molecular formula is C23H26N4O4S. The van der Waals surface area contributed by atoms with E-state index in [4.69, 9.17) is 14.2 Å². The maximum Gasteiger partial charge on any atom is 0.234 e. The van der Waals surface area contributed by atoms with Crippen LogP contribution in [0.2, 0.25) is 0 Å². The van der Waals surface area contributed by atoms with E-state index < -0.39 is 0 Å². The molecule has 1 aliphatic rings. The van der Waals surface area contributed by atoms with Crippen LogP contribution in [0.15, 0.2) is 47.6 Å². The van der Waals surface area contributed by atoms with Crippen LogP contribution in [-0.4, -0.2) is 46.7 Å². The lowest BCUT2D eigenvalue weighted by molar-refractivity contribution is -0.113. The molecule has 0 atom stereocenters. The minimum absolute atomic E-state index is 0.114. The lowest BCUT2D eigenvalue weighted by Gasteiger charge is -2.15. The summed E-state index contributed by atoms with van der Waals surface area (Å²) in [5, 5.41) is 12.3. The molecule has 2 aromatic carbocycles. The van der Waals surface area contributed by atoms with Crippen LogP contribution in [0, 0.1) is 0 Å². The Hall–Kier alpha value is -3.20. The molecule has 168 valence electrons. The monoisotopic (exact) mass is 454 g/mol. The fourth-order valence-electron chi connectivity index (χ4n) is 3.34. The molecule has 9 heteroatoms. The Morgan fingerprint density at radius 2 is 1.88 bits per heavy atom. The van der Waals surface area contributed by atoms with Gasteiger partial charge in [-0.2, -0.15) is 0 Å². The van der Waals surface area contributed by atoms with E-state index in [1.54, 1.807) is 31.4 Å². The Morgan fingerprint density at radius 3 is 2.59 bits per heavy atom. The number of rotatable bonds is 7. The van der Waals surface area contributed by atoms with Crippen molar-refractivity contribution in [1.29, 1.82) is 0 Å². The molecule has 1 N–H and O–H groups in total. The lowest BCUT2D eigenvalue weighted by atomic mass is 10.2. The standard InChI is InChI=1S/C23H26N4O4S/c1-15(2)27-22(16-5-10-19-20(13-16)31-12-4-11-30-19)25-26-23(27)32-14-21(28)24-17-6-8-18(29-3)9-7-17/h5-10,13,15H,4,11-12,14H2,1-3H3,(H,24,28). The number of anilines is 1. The van der Waals surface area contributed by atoms with Crippen LogP contribution in [-0.2, 0) is 4.79 Å². The van der Waals surface area contributed by atoms with Gasteiger partial charge in [-0.25, -0.2) is 0 Å². The van der Waals surface area contributed by atoms with Gasteiger partial charge < -0.3 is 19.5 Å². The van der Waals surface area contributed by atoms with E-state index in [0.717, 1.165) is 35.0 Å². The van der Waals surface area contributed by atoms with Gasteiger partial charge >= 0.3 is 0 Å². The van der Waals surface area contributed by atoms with Gasteiger partial charge in [0.1, 0.15) is 5.75 Å². The summed E-state index contributed by atoms with van der Waals surface area (Å²) in [7, 11) is 1.61. The molecular weight excluding hydrogens is 428 g/mol. The zero-order valence-corrected chi connectivity index (χ0v) is 19.1. The van der Waals surface area contributed by atoms with Gasteiger partial charge in [-0.05, 0) is 56.3 Å². The van der Waals surface area contributed by atoms with Crippen LogP contribution in [0.4, 0.5) is 5.69 Å². The fourth-order valence-corrected chi connectivity index (χ4v) is 4.21. The largest absolute Gasteiger partial charge is 0.497 e. The zero-order valence-electron chi connectivity index (χ0n) is 18.3. The van der Waals surface area contributed by atoms with Crippen molar-refractivity contribution in [2.45, 2.75) is 31.5 Å². The summed E-state index contributed by atoms with van der Waals surface area (Å²) in [5.74, 6) is 3.03. The Morgan fingerprint density at radius 1 is 1.12 bits per heavy atom. The van der Waals surface area contributed by atoms with Crippen molar-refractivity contribution in [3.8, 4) is 28.6 Å². The third kappa shape index (κ3) is 4.99. The number of nitrogens with zero attached hydrogens (tertiary/aromatic N) is 3. The molecule has 4 rings (SSSR count). The van der Waals surface area contributed by atoms with Crippen LogP contribution in [0.3, 0.4) is 0 Å². The van der Waals surface area contributed by atoms with Gasteiger partial charge in [0, 0.05) is 23.7 Å². The highest BCUT2D eigenvalue weighted by Crippen LogP contribution is 2.35. The normalized spacial score (nSPS) is 13.0. The number of fused-ring (bicyclic) bond motifs is 1. The third-order valence-electron chi connectivity index (χ3n) is 4.89. The van der Waals surface area contributed by atoms with E-state index in [1.807, 2.05) is 22.8 Å². The Bertz CT molecular complexity index is 1080. The number of hydrogen-bond acceptors (Lipinski definition) is 7. The average molecular weight is 455 g/mol. The van der Waals surface area contributed by atoms with Crippen molar-refractivity contribution in [2.24, 2.45) is 0 Å². The summed E-state index contributed by atoms with van der Waals surface area (Å²) in [5.41, 5.74) is 1.61. The van der Waals surface area contributed by atoms with Gasteiger partial charge in [0.05, 0.1) is 26.1 Å². The third-order valence-corrected chi connectivity index (χ3v) is 5.84. The molecule has 0 aliphatic carbocycles. The van der Waals surface area contributed by atoms with Crippen molar-refractivity contribution < 1.29 is 19.0 Å². The van der Waals surface area contributed by atoms with E-state index in [1.165, 1.54) is 11.8 Å². The molecule has 0 saturated heterocycles.